The Morgan fingerprint density at radius 3 is 2.35 bits per heavy atom. The molecule has 1 N–H and O–H groups in total. The second-order valence-corrected chi connectivity index (χ2v) is 7.30. The predicted octanol–water partition coefficient (Wildman–Crippen LogP) is 5.18. The maximum atomic E-state index is 12.5. The molecule has 2 aromatic carbocycles. The molecule has 0 saturated carbocycles. The lowest BCUT2D eigenvalue weighted by Crippen LogP contribution is -2.49. The van der Waals surface area contributed by atoms with E-state index in [0.29, 0.717) is 10.6 Å². The van der Waals surface area contributed by atoms with Crippen molar-refractivity contribution in [3.05, 3.63) is 69.7 Å². The van der Waals surface area contributed by atoms with Gasteiger partial charge in [-0.3, -0.25) is 4.79 Å². The number of nitrogens with one attached hydrogen (secondary N) is 1. The van der Waals surface area contributed by atoms with E-state index in [1.807, 2.05) is 31.2 Å². The number of carbonyl (C=O) groups is 1. The number of benzene rings is 2. The molecule has 0 aliphatic carbocycles. The molecule has 0 spiro atoms. The van der Waals surface area contributed by atoms with Gasteiger partial charge in [0.25, 0.3) is 0 Å². The molecular formula is C19H21Cl2NO. The summed E-state index contributed by atoms with van der Waals surface area (Å²) in [6, 6.07) is 14.5. The Morgan fingerprint density at radius 2 is 1.74 bits per heavy atom. The van der Waals surface area contributed by atoms with Crippen LogP contribution in [0.25, 0.3) is 0 Å². The van der Waals surface area contributed by atoms with E-state index >= 15 is 0 Å². The summed E-state index contributed by atoms with van der Waals surface area (Å²) < 4.78 is 0. The van der Waals surface area contributed by atoms with Gasteiger partial charge in [-0.05, 0) is 57.0 Å². The third-order valence-electron chi connectivity index (χ3n) is 3.67. The fraction of sp³-hybridized carbons (Fsp3) is 0.316. The van der Waals surface area contributed by atoms with E-state index in [1.54, 1.807) is 24.3 Å². The molecule has 2 nitrogen and oxygen atoms in total. The fourth-order valence-corrected chi connectivity index (χ4v) is 3.02. The molecule has 0 fully saturated rings. The molecular weight excluding hydrogens is 329 g/mol. The number of rotatable bonds is 6. The monoisotopic (exact) mass is 349 g/mol. The van der Waals surface area contributed by atoms with Crippen LogP contribution >= 0.6 is 23.2 Å². The highest BCUT2D eigenvalue weighted by Gasteiger charge is 2.24. The summed E-state index contributed by atoms with van der Waals surface area (Å²) in [6.07, 6.45) is 0.803. The smallest absolute Gasteiger partial charge is 0.179 e. The molecule has 122 valence electrons. The van der Waals surface area contributed by atoms with Crippen molar-refractivity contribution in [2.45, 2.75) is 38.8 Å². The summed E-state index contributed by atoms with van der Waals surface area (Å²) in [5.74, 6) is 0.0386. The van der Waals surface area contributed by atoms with Crippen LogP contribution in [0.5, 0.6) is 0 Å². The molecule has 1 atom stereocenters. The third-order valence-corrected chi connectivity index (χ3v) is 4.16. The van der Waals surface area contributed by atoms with Crippen molar-refractivity contribution in [2.75, 3.05) is 0 Å². The average Bonchev–Trinajstić information content (AvgIpc) is 2.48. The van der Waals surface area contributed by atoms with E-state index in [0.717, 1.165) is 11.4 Å². The first-order valence-corrected chi connectivity index (χ1v) is 8.34. The summed E-state index contributed by atoms with van der Waals surface area (Å²) in [4.78, 5) is 12.5. The van der Waals surface area contributed by atoms with Crippen LogP contribution in [0.4, 0.5) is 0 Å². The molecule has 2 rings (SSSR count). The first-order valence-electron chi connectivity index (χ1n) is 7.59. The third kappa shape index (κ3) is 5.35. The van der Waals surface area contributed by atoms with Gasteiger partial charge >= 0.3 is 0 Å². The van der Waals surface area contributed by atoms with Gasteiger partial charge < -0.3 is 5.32 Å². The normalized spacial score (nSPS) is 12.9. The first kappa shape index (κ1) is 18.0. The molecule has 0 heterocycles. The van der Waals surface area contributed by atoms with Crippen LogP contribution in [0, 0.1) is 0 Å². The zero-order chi connectivity index (χ0) is 17.0. The standard InChI is InChI=1S/C19H21Cl2NO/c1-13(18(23)15-5-4-6-17(21)11-15)22-19(2,3)12-14-7-9-16(20)10-8-14/h4-11,13,22H,12H2,1-3H3. The van der Waals surface area contributed by atoms with Crippen molar-refractivity contribution in [2.24, 2.45) is 0 Å². The second kappa shape index (κ2) is 7.48. The van der Waals surface area contributed by atoms with Crippen LogP contribution in [0.15, 0.2) is 48.5 Å². The van der Waals surface area contributed by atoms with Crippen molar-refractivity contribution in [1.29, 1.82) is 0 Å². The number of carbonyl (C=O) groups excluding carboxylic acids is 1. The van der Waals surface area contributed by atoms with Crippen LogP contribution in [0.3, 0.4) is 0 Å². The van der Waals surface area contributed by atoms with Gasteiger partial charge in [-0.1, -0.05) is 47.5 Å². The SMILES string of the molecule is CC(NC(C)(C)Cc1ccc(Cl)cc1)C(=O)c1cccc(Cl)c1. The second-order valence-electron chi connectivity index (χ2n) is 6.43. The molecule has 0 aromatic heterocycles. The Labute approximate surface area is 147 Å². The molecule has 1 unspecified atom stereocenters. The van der Waals surface area contributed by atoms with E-state index in [-0.39, 0.29) is 17.4 Å². The van der Waals surface area contributed by atoms with E-state index in [2.05, 4.69) is 19.2 Å². The van der Waals surface area contributed by atoms with E-state index in [9.17, 15) is 4.79 Å². The maximum Gasteiger partial charge on any atom is 0.179 e. The molecule has 2 aromatic rings. The summed E-state index contributed by atoms with van der Waals surface area (Å²) in [6.45, 7) is 6.06. The lowest BCUT2D eigenvalue weighted by molar-refractivity contribution is 0.0933. The summed E-state index contributed by atoms with van der Waals surface area (Å²) in [7, 11) is 0. The first-order chi connectivity index (χ1) is 10.8. The zero-order valence-corrected chi connectivity index (χ0v) is 15.1. The van der Waals surface area contributed by atoms with Crippen molar-refractivity contribution in [3.8, 4) is 0 Å². The quantitative estimate of drug-likeness (QED) is 0.728. The highest BCUT2D eigenvalue weighted by Crippen LogP contribution is 2.18. The molecule has 0 bridgehead atoms. The highest BCUT2D eigenvalue weighted by atomic mass is 35.5. The molecule has 0 aliphatic rings. The van der Waals surface area contributed by atoms with Crippen molar-refractivity contribution >= 4 is 29.0 Å². The molecule has 0 aliphatic heterocycles. The van der Waals surface area contributed by atoms with E-state index in [1.165, 1.54) is 5.56 Å². The Hall–Kier alpha value is -1.35. The van der Waals surface area contributed by atoms with Crippen LogP contribution < -0.4 is 5.32 Å². The zero-order valence-electron chi connectivity index (χ0n) is 13.6. The predicted molar refractivity (Wildman–Crippen MR) is 97.6 cm³/mol. The van der Waals surface area contributed by atoms with Gasteiger partial charge in [-0.2, -0.15) is 0 Å². The largest absolute Gasteiger partial charge is 0.302 e. The van der Waals surface area contributed by atoms with E-state index in [4.69, 9.17) is 23.2 Å². The van der Waals surface area contributed by atoms with Crippen LogP contribution in [0.1, 0.15) is 36.7 Å². The van der Waals surface area contributed by atoms with Gasteiger partial charge in [0, 0.05) is 21.1 Å². The average molecular weight is 350 g/mol. The number of hydrogen-bond donors (Lipinski definition) is 1. The van der Waals surface area contributed by atoms with Crippen molar-refractivity contribution < 1.29 is 4.79 Å². The lowest BCUT2D eigenvalue weighted by atomic mass is 9.93. The van der Waals surface area contributed by atoms with Crippen LogP contribution in [-0.2, 0) is 6.42 Å². The Morgan fingerprint density at radius 1 is 1.09 bits per heavy atom. The fourth-order valence-electron chi connectivity index (χ4n) is 2.71. The topological polar surface area (TPSA) is 29.1 Å². The molecule has 0 amide bonds. The van der Waals surface area contributed by atoms with Crippen LogP contribution in [-0.4, -0.2) is 17.4 Å². The van der Waals surface area contributed by atoms with Gasteiger partial charge in [0.15, 0.2) is 5.78 Å². The molecule has 0 saturated heterocycles. The van der Waals surface area contributed by atoms with Crippen LogP contribution in [0.2, 0.25) is 10.0 Å². The van der Waals surface area contributed by atoms with E-state index < -0.39 is 0 Å². The van der Waals surface area contributed by atoms with Gasteiger partial charge in [0.05, 0.1) is 6.04 Å². The maximum absolute atomic E-state index is 12.5. The van der Waals surface area contributed by atoms with Gasteiger partial charge in [0.1, 0.15) is 0 Å². The summed E-state index contributed by atoms with van der Waals surface area (Å²) in [5, 5.41) is 4.71. The summed E-state index contributed by atoms with van der Waals surface area (Å²) in [5.41, 5.74) is 1.58. The lowest BCUT2D eigenvalue weighted by Gasteiger charge is -2.30. The van der Waals surface area contributed by atoms with Crippen molar-refractivity contribution in [3.63, 3.8) is 0 Å². The Bertz CT molecular complexity index is 680. The van der Waals surface area contributed by atoms with Gasteiger partial charge in [0.2, 0.25) is 0 Å². The number of hydrogen-bond acceptors (Lipinski definition) is 2. The molecule has 23 heavy (non-hydrogen) atoms. The number of halogens is 2. The minimum absolute atomic E-state index is 0.0386. The number of Topliss-reactive ketones (excluding diaryl/α,β-unsaturated/α-hetero) is 1. The molecule has 0 radical (unpaired) electrons. The Balaban J connectivity index is 2.03. The van der Waals surface area contributed by atoms with Gasteiger partial charge in [-0.15, -0.1) is 0 Å². The molecule has 4 heteroatoms. The summed E-state index contributed by atoms with van der Waals surface area (Å²) >= 11 is 11.9. The minimum atomic E-state index is -0.296. The Kier molecular flexibility index (Phi) is 5.85. The number of ketones is 1. The minimum Gasteiger partial charge on any atom is -0.302 e. The highest BCUT2D eigenvalue weighted by molar-refractivity contribution is 6.31. The van der Waals surface area contributed by atoms with Crippen molar-refractivity contribution in [1.82, 2.24) is 5.32 Å². The van der Waals surface area contributed by atoms with Gasteiger partial charge in [-0.25, -0.2) is 0 Å².